The van der Waals surface area contributed by atoms with Gasteiger partial charge in [0.25, 0.3) is 0 Å². The smallest absolute Gasteiger partial charge is 0.407 e. The second-order valence-corrected chi connectivity index (χ2v) is 9.33. The molecular formula is C25H28N2O5S. The van der Waals surface area contributed by atoms with E-state index in [1.807, 2.05) is 43.3 Å². The Hall–Kier alpha value is -3.00. The Balaban J connectivity index is 1.43. The van der Waals surface area contributed by atoms with Crippen molar-refractivity contribution in [2.24, 2.45) is 0 Å². The Morgan fingerprint density at radius 3 is 2.36 bits per heavy atom. The fourth-order valence-electron chi connectivity index (χ4n) is 4.51. The summed E-state index contributed by atoms with van der Waals surface area (Å²) in [5.74, 6) is -0.797. The molecule has 7 nitrogen and oxygen atoms in total. The molecular weight excluding hydrogens is 440 g/mol. The lowest BCUT2D eigenvalue weighted by atomic mass is 9.98. The van der Waals surface area contributed by atoms with E-state index in [0.717, 1.165) is 35.1 Å². The van der Waals surface area contributed by atoms with Gasteiger partial charge in [-0.1, -0.05) is 68.3 Å². The topological polar surface area (TPSA) is 95.9 Å². The van der Waals surface area contributed by atoms with Crippen molar-refractivity contribution < 1.29 is 24.2 Å². The quantitative estimate of drug-likeness (QED) is 0.606. The molecule has 2 aromatic rings. The van der Waals surface area contributed by atoms with Crippen LogP contribution in [-0.4, -0.2) is 58.3 Å². The average Bonchev–Trinajstić information content (AvgIpc) is 3.43. The van der Waals surface area contributed by atoms with Crippen LogP contribution in [0.15, 0.2) is 48.5 Å². The second-order valence-electron chi connectivity index (χ2n) is 8.33. The molecule has 0 radical (unpaired) electrons. The van der Waals surface area contributed by atoms with Crippen LogP contribution in [0.4, 0.5) is 4.79 Å². The molecule has 2 amide bonds. The van der Waals surface area contributed by atoms with Crippen LogP contribution in [0, 0.1) is 0 Å². The molecule has 33 heavy (non-hydrogen) atoms. The number of carbonyl (C=O) groups is 3. The first-order valence-electron chi connectivity index (χ1n) is 11.2. The van der Waals surface area contributed by atoms with Gasteiger partial charge in [0.05, 0.1) is 5.88 Å². The highest BCUT2D eigenvalue weighted by Gasteiger charge is 2.38. The van der Waals surface area contributed by atoms with Gasteiger partial charge in [-0.15, -0.1) is 11.8 Å². The summed E-state index contributed by atoms with van der Waals surface area (Å²) in [6.45, 7) is 2.16. The minimum atomic E-state index is -1.02. The Morgan fingerprint density at radius 1 is 1.12 bits per heavy atom. The van der Waals surface area contributed by atoms with Gasteiger partial charge in [-0.05, 0) is 28.7 Å². The van der Waals surface area contributed by atoms with Crippen LogP contribution >= 0.6 is 11.8 Å². The lowest BCUT2D eigenvalue weighted by Gasteiger charge is -2.26. The third kappa shape index (κ3) is 4.85. The third-order valence-electron chi connectivity index (χ3n) is 6.23. The van der Waals surface area contributed by atoms with Crippen molar-refractivity contribution in [1.82, 2.24) is 10.2 Å². The molecule has 4 rings (SSSR count). The Kier molecular flexibility index (Phi) is 7.23. The van der Waals surface area contributed by atoms with Crippen LogP contribution in [0.3, 0.4) is 0 Å². The maximum Gasteiger partial charge on any atom is 0.407 e. The number of aliphatic carboxylic acids is 1. The van der Waals surface area contributed by atoms with Crippen LogP contribution in [0.25, 0.3) is 11.1 Å². The predicted molar refractivity (Wildman–Crippen MR) is 127 cm³/mol. The zero-order chi connectivity index (χ0) is 23.4. The number of rotatable bonds is 8. The normalized spacial score (nSPS) is 17.8. The largest absolute Gasteiger partial charge is 0.480 e. The number of thioether (sulfide) groups is 1. The SMILES string of the molecule is CCCCC(NC(=O)OCC1c2ccccc2-c2ccccc21)C(=O)N1CSC[C@H]1C(=O)O. The van der Waals surface area contributed by atoms with Gasteiger partial charge >= 0.3 is 12.1 Å². The summed E-state index contributed by atoms with van der Waals surface area (Å²) >= 11 is 1.40. The van der Waals surface area contributed by atoms with E-state index in [1.165, 1.54) is 16.7 Å². The molecule has 0 aromatic heterocycles. The predicted octanol–water partition coefficient (Wildman–Crippen LogP) is 4.07. The molecule has 1 aliphatic carbocycles. The highest BCUT2D eigenvalue weighted by atomic mass is 32.2. The van der Waals surface area contributed by atoms with E-state index in [2.05, 4.69) is 17.4 Å². The van der Waals surface area contributed by atoms with E-state index in [-0.39, 0.29) is 18.4 Å². The van der Waals surface area contributed by atoms with E-state index >= 15 is 0 Å². The molecule has 1 aliphatic heterocycles. The number of benzene rings is 2. The van der Waals surface area contributed by atoms with Crippen LogP contribution in [0.1, 0.15) is 43.2 Å². The van der Waals surface area contributed by atoms with Crippen LogP contribution in [0.2, 0.25) is 0 Å². The number of carboxylic acids is 1. The molecule has 8 heteroatoms. The van der Waals surface area contributed by atoms with Crippen molar-refractivity contribution in [2.75, 3.05) is 18.2 Å². The van der Waals surface area contributed by atoms with Gasteiger partial charge in [-0.3, -0.25) is 4.79 Å². The molecule has 0 spiro atoms. The van der Waals surface area contributed by atoms with E-state index in [1.54, 1.807) is 0 Å². The highest BCUT2D eigenvalue weighted by Crippen LogP contribution is 2.44. The summed E-state index contributed by atoms with van der Waals surface area (Å²) in [6.07, 6.45) is 1.36. The monoisotopic (exact) mass is 468 g/mol. The summed E-state index contributed by atoms with van der Waals surface area (Å²) in [4.78, 5) is 38.6. The van der Waals surface area contributed by atoms with E-state index < -0.39 is 24.1 Å². The maximum absolute atomic E-state index is 13.1. The lowest BCUT2D eigenvalue weighted by Crippen LogP contribution is -2.52. The van der Waals surface area contributed by atoms with Gasteiger partial charge < -0.3 is 20.1 Å². The van der Waals surface area contributed by atoms with Crippen molar-refractivity contribution >= 4 is 29.7 Å². The van der Waals surface area contributed by atoms with Crippen LogP contribution in [-0.2, 0) is 14.3 Å². The Bertz CT molecular complexity index is 997. The fraction of sp³-hybridized carbons (Fsp3) is 0.400. The fourth-order valence-corrected chi connectivity index (χ4v) is 5.67. The van der Waals surface area contributed by atoms with E-state index in [0.29, 0.717) is 18.1 Å². The molecule has 1 saturated heterocycles. The third-order valence-corrected chi connectivity index (χ3v) is 7.24. The number of nitrogens with one attached hydrogen (secondary N) is 1. The van der Waals surface area contributed by atoms with Crippen molar-refractivity contribution in [2.45, 2.75) is 44.2 Å². The second kappa shape index (κ2) is 10.3. The number of carbonyl (C=O) groups excluding carboxylic acids is 2. The summed E-state index contributed by atoms with van der Waals surface area (Å²) in [6, 6.07) is 14.5. The van der Waals surface area contributed by atoms with E-state index in [4.69, 9.17) is 4.74 Å². The molecule has 1 unspecified atom stereocenters. The molecule has 0 bridgehead atoms. The Labute approximate surface area is 197 Å². The average molecular weight is 469 g/mol. The van der Waals surface area contributed by atoms with Gasteiger partial charge in [-0.2, -0.15) is 0 Å². The molecule has 0 saturated carbocycles. The van der Waals surface area contributed by atoms with Gasteiger partial charge in [0.2, 0.25) is 5.91 Å². The van der Waals surface area contributed by atoms with Gasteiger partial charge in [0.15, 0.2) is 0 Å². The maximum atomic E-state index is 13.1. The molecule has 2 N–H and O–H groups in total. The zero-order valence-electron chi connectivity index (χ0n) is 18.5. The molecule has 1 heterocycles. The first-order valence-corrected chi connectivity index (χ1v) is 12.4. The molecule has 2 aliphatic rings. The number of unbranched alkanes of at least 4 members (excludes halogenated alkanes) is 1. The summed E-state index contributed by atoms with van der Waals surface area (Å²) in [5.41, 5.74) is 4.51. The number of nitrogens with zero attached hydrogens (tertiary/aromatic N) is 1. The summed E-state index contributed by atoms with van der Waals surface area (Å²) in [5, 5.41) is 12.1. The molecule has 174 valence electrons. The number of carboxylic acid groups (broad SMARTS) is 1. The van der Waals surface area contributed by atoms with Crippen LogP contribution < -0.4 is 5.32 Å². The Morgan fingerprint density at radius 2 is 1.76 bits per heavy atom. The number of ether oxygens (including phenoxy) is 1. The zero-order valence-corrected chi connectivity index (χ0v) is 19.3. The lowest BCUT2D eigenvalue weighted by molar-refractivity contribution is -0.148. The summed E-state index contributed by atoms with van der Waals surface area (Å²) < 4.78 is 5.59. The minimum absolute atomic E-state index is 0.0701. The first-order chi connectivity index (χ1) is 16.0. The van der Waals surface area contributed by atoms with Crippen molar-refractivity contribution in [3.8, 4) is 11.1 Å². The standard InChI is InChI=1S/C25H28N2O5S/c1-2-3-12-21(23(28)27-15-33-14-22(27)24(29)30)26-25(31)32-13-20-18-10-6-4-8-16(18)17-9-5-7-11-19(17)20/h4-11,20-22H,2-3,12-15H2,1H3,(H,26,31)(H,29,30)/t21?,22-/m0/s1. The number of amides is 2. The van der Waals surface area contributed by atoms with E-state index in [9.17, 15) is 19.5 Å². The minimum Gasteiger partial charge on any atom is -0.480 e. The molecule has 1 fully saturated rings. The number of alkyl carbamates (subject to hydrolysis) is 1. The first kappa shape index (κ1) is 23.2. The number of hydrogen-bond acceptors (Lipinski definition) is 5. The number of hydrogen-bond donors (Lipinski definition) is 2. The molecule has 2 aromatic carbocycles. The molecule has 2 atom stereocenters. The summed E-state index contributed by atoms with van der Waals surface area (Å²) in [7, 11) is 0. The van der Waals surface area contributed by atoms with Crippen molar-refractivity contribution in [3.63, 3.8) is 0 Å². The highest BCUT2D eigenvalue weighted by molar-refractivity contribution is 7.99. The van der Waals surface area contributed by atoms with Crippen LogP contribution in [0.5, 0.6) is 0 Å². The van der Waals surface area contributed by atoms with Crippen molar-refractivity contribution in [3.05, 3.63) is 59.7 Å². The number of fused-ring (bicyclic) bond motifs is 3. The van der Waals surface area contributed by atoms with Gasteiger partial charge in [0, 0.05) is 11.7 Å². The van der Waals surface area contributed by atoms with Gasteiger partial charge in [0.1, 0.15) is 18.7 Å². The van der Waals surface area contributed by atoms with Crippen molar-refractivity contribution in [1.29, 1.82) is 0 Å². The van der Waals surface area contributed by atoms with Gasteiger partial charge in [-0.25, -0.2) is 9.59 Å².